The Labute approximate surface area is 91.3 Å². The number of nitriles is 1. The second-order valence-electron chi connectivity index (χ2n) is 6.04. The third-order valence-corrected chi connectivity index (χ3v) is 5.33. The van der Waals surface area contributed by atoms with E-state index < -0.39 is 5.60 Å². The Morgan fingerprint density at radius 3 is 2.00 bits per heavy atom. The molecule has 1 atom stereocenters. The first-order valence-corrected chi connectivity index (χ1v) is 6.26. The van der Waals surface area contributed by atoms with E-state index in [2.05, 4.69) is 6.07 Å². The van der Waals surface area contributed by atoms with Crippen LogP contribution in [0.15, 0.2) is 0 Å². The molecule has 0 aromatic heterocycles. The number of hydrogen-bond donors (Lipinski definition) is 1. The summed E-state index contributed by atoms with van der Waals surface area (Å²) in [6.45, 7) is 1.91. The van der Waals surface area contributed by atoms with Crippen molar-refractivity contribution in [3.63, 3.8) is 0 Å². The largest absolute Gasteiger partial charge is 0.388 e. The van der Waals surface area contributed by atoms with Gasteiger partial charge in [0.05, 0.1) is 17.6 Å². The molecule has 0 radical (unpaired) electrons. The fourth-order valence-electron chi connectivity index (χ4n) is 4.75. The summed E-state index contributed by atoms with van der Waals surface area (Å²) in [5.41, 5.74) is -0.651. The summed E-state index contributed by atoms with van der Waals surface area (Å²) in [5, 5.41) is 19.9. The Morgan fingerprint density at radius 1 is 1.13 bits per heavy atom. The molecular formula is C13H19NO. The van der Waals surface area contributed by atoms with Gasteiger partial charge < -0.3 is 5.11 Å². The van der Waals surface area contributed by atoms with Crippen LogP contribution in [0.2, 0.25) is 0 Å². The minimum absolute atomic E-state index is 0.188. The maximum absolute atomic E-state index is 10.8. The van der Waals surface area contributed by atoms with E-state index in [4.69, 9.17) is 5.26 Å². The monoisotopic (exact) mass is 205 g/mol. The zero-order valence-electron chi connectivity index (χ0n) is 9.32. The summed E-state index contributed by atoms with van der Waals surface area (Å²) >= 11 is 0. The van der Waals surface area contributed by atoms with Gasteiger partial charge in [-0.1, -0.05) is 0 Å². The number of hydrogen-bond acceptors (Lipinski definition) is 2. The lowest BCUT2D eigenvalue weighted by Crippen LogP contribution is -2.60. The van der Waals surface area contributed by atoms with E-state index >= 15 is 0 Å². The Balaban J connectivity index is 1.95. The molecule has 0 aromatic carbocycles. The van der Waals surface area contributed by atoms with Gasteiger partial charge in [0.25, 0.3) is 0 Å². The zero-order chi connectivity index (χ0) is 10.6. The van der Waals surface area contributed by atoms with Crippen molar-refractivity contribution < 1.29 is 5.11 Å². The highest BCUT2D eigenvalue weighted by molar-refractivity contribution is 5.12. The molecule has 0 heterocycles. The maximum atomic E-state index is 10.8. The Morgan fingerprint density at radius 2 is 1.60 bits per heavy atom. The predicted molar refractivity (Wildman–Crippen MR) is 56.8 cm³/mol. The predicted octanol–water partition coefficient (Wildman–Crippen LogP) is 2.33. The fraction of sp³-hybridized carbons (Fsp3) is 0.923. The van der Waals surface area contributed by atoms with Crippen LogP contribution in [0, 0.1) is 40.9 Å². The SMILES string of the molecule is CC(C#N)C1(O)C2CC3CC(C2)CC1C3. The van der Waals surface area contributed by atoms with Crippen LogP contribution in [0.3, 0.4) is 0 Å². The van der Waals surface area contributed by atoms with Gasteiger partial charge in [0.1, 0.15) is 0 Å². The second kappa shape index (κ2) is 2.98. The van der Waals surface area contributed by atoms with Gasteiger partial charge in [0.15, 0.2) is 0 Å². The lowest BCUT2D eigenvalue weighted by atomic mass is 9.47. The van der Waals surface area contributed by atoms with Gasteiger partial charge in [-0.05, 0) is 62.7 Å². The molecule has 1 unspecified atom stereocenters. The average molecular weight is 205 g/mol. The summed E-state index contributed by atoms with van der Waals surface area (Å²) in [6.07, 6.45) is 6.10. The van der Waals surface area contributed by atoms with Crippen molar-refractivity contribution in [2.24, 2.45) is 29.6 Å². The molecule has 0 amide bonds. The van der Waals surface area contributed by atoms with E-state index in [1.165, 1.54) is 32.1 Å². The molecule has 1 N–H and O–H groups in total. The lowest BCUT2D eigenvalue weighted by molar-refractivity contribution is -0.189. The first kappa shape index (κ1) is 9.66. The molecule has 4 bridgehead atoms. The van der Waals surface area contributed by atoms with E-state index in [1.807, 2.05) is 6.92 Å². The van der Waals surface area contributed by atoms with Crippen molar-refractivity contribution in [2.75, 3.05) is 0 Å². The molecular weight excluding hydrogens is 186 g/mol. The Bertz CT molecular complexity index is 289. The number of nitrogens with zero attached hydrogens (tertiary/aromatic N) is 1. The maximum Gasteiger partial charge on any atom is 0.0858 e. The molecule has 15 heavy (non-hydrogen) atoms. The van der Waals surface area contributed by atoms with Crippen LogP contribution in [0.4, 0.5) is 0 Å². The molecule has 82 valence electrons. The third kappa shape index (κ3) is 1.13. The van der Waals surface area contributed by atoms with Gasteiger partial charge in [-0.2, -0.15) is 5.26 Å². The molecule has 4 fully saturated rings. The van der Waals surface area contributed by atoms with E-state index in [0.29, 0.717) is 11.8 Å². The molecule has 4 aliphatic carbocycles. The van der Waals surface area contributed by atoms with Crippen LogP contribution in [0.1, 0.15) is 39.0 Å². The van der Waals surface area contributed by atoms with Gasteiger partial charge in [0.2, 0.25) is 0 Å². The van der Waals surface area contributed by atoms with E-state index in [1.54, 1.807) is 0 Å². The average Bonchev–Trinajstić information content (AvgIpc) is 2.23. The van der Waals surface area contributed by atoms with E-state index in [0.717, 1.165) is 11.8 Å². The highest BCUT2D eigenvalue weighted by atomic mass is 16.3. The van der Waals surface area contributed by atoms with E-state index in [9.17, 15) is 5.11 Å². The van der Waals surface area contributed by atoms with Crippen LogP contribution >= 0.6 is 0 Å². The molecule has 2 heteroatoms. The summed E-state index contributed by atoms with van der Waals surface area (Å²) in [5.74, 6) is 2.37. The topological polar surface area (TPSA) is 44.0 Å². The smallest absolute Gasteiger partial charge is 0.0858 e. The molecule has 4 rings (SSSR count). The minimum atomic E-state index is -0.651. The highest BCUT2D eigenvalue weighted by Gasteiger charge is 2.58. The van der Waals surface area contributed by atoms with Gasteiger partial charge in [-0.3, -0.25) is 0 Å². The zero-order valence-corrected chi connectivity index (χ0v) is 9.32. The quantitative estimate of drug-likeness (QED) is 0.714. The normalized spacial score (nSPS) is 53.9. The summed E-state index contributed by atoms with van der Waals surface area (Å²) in [7, 11) is 0. The van der Waals surface area contributed by atoms with Gasteiger partial charge >= 0.3 is 0 Å². The van der Waals surface area contributed by atoms with Crippen molar-refractivity contribution in [1.29, 1.82) is 5.26 Å². The molecule has 0 spiro atoms. The fourth-order valence-corrected chi connectivity index (χ4v) is 4.75. The van der Waals surface area contributed by atoms with Crippen LogP contribution in [0.5, 0.6) is 0 Å². The first-order chi connectivity index (χ1) is 7.14. The standard InChI is InChI=1S/C13H19NO/c1-8(7-14)13(15)11-3-9-2-10(5-11)6-12(13)4-9/h8-12,15H,2-6H2,1H3. The van der Waals surface area contributed by atoms with Crippen molar-refractivity contribution in [3.05, 3.63) is 0 Å². The summed E-state index contributed by atoms with van der Waals surface area (Å²) < 4.78 is 0. The molecule has 4 saturated carbocycles. The molecule has 2 nitrogen and oxygen atoms in total. The van der Waals surface area contributed by atoms with Crippen molar-refractivity contribution >= 4 is 0 Å². The summed E-state index contributed by atoms with van der Waals surface area (Å²) in [6, 6.07) is 2.28. The Kier molecular flexibility index (Phi) is 1.92. The van der Waals surface area contributed by atoms with Crippen molar-refractivity contribution in [1.82, 2.24) is 0 Å². The highest BCUT2D eigenvalue weighted by Crippen LogP contribution is 2.60. The van der Waals surface area contributed by atoms with Crippen molar-refractivity contribution in [2.45, 2.75) is 44.6 Å². The lowest BCUT2D eigenvalue weighted by Gasteiger charge is -2.59. The van der Waals surface area contributed by atoms with Crippen LogP contribution in [-0.2, 0) is 0 Å². The molecule has 0 saturated heterocycles. The van der Waals surface area contributed by atoms with E-state index in [-0.39, 0.29) is 5.92 Å². The van der Waals surface area contributed by atoms with Gasteiger partial charge in [-0.25, -0.2) is 0 Å². The summed E-state index contributed by atoms with van der Waals surface area (Å²) in [4.78, 5) is 0. The van der Waals surface area contributed by atoms with Crippen LogP contribution in [0.25, 0.3) is 0 Å². The van der Waals surface area contributed by atoms with Crippen molar-refractivity contribution in [3.8, 4) is 6.07 Å². The van der Waals surface area contributed by atoms with Gasteiger partial charge in [-0.15, -0.1) is 0 Å². The Hall–Kier alpha value is -0.550. The second-order valence-corrected chi connectivity index (χ2v) is 6.04. The molecule has 0 aromatic rings. The van der Waals surface area contributed by atoms with Crippen LogP contribution in [-0.4, -0.2) is 10.7 Å². The number of aliphatic hydroxyl groups is 1. The van der Waals surface area contributed by atoms with Crippen LogP contribution < -0.4 is 0 Å². The van der Waals surface area contributed by atoms with Gasteiger partial charge in [0, 0.05) is 0 Å². The molecule has 0 aliphatic heterocycles. The number of rotatable bonds is 1. The molecule has 4 aliphatic rings. The first-order valence-electron chi connectivity index (χ1n) is 6.26. The third-order valence-electron chi connectivity index (χ3n) is 5.33. The minimum Gasteiger partial charge on any atom is -0.388 e.